The van der Waals surface area contributed by atoms with Gasteiger partial charge in [-0.05, 0) is 63.3 Å². The number of aromatic nitrogens is 3. The summed E-state index contributed by atoms with van der Waals surface area (Å²) in [6.45, 7) is 8.24. The van der Waals surface area contributed by atoms with Crippen molar-refractivity contribution < 1.29 is 13.2 Å². The number of aryl methyl sites for hydroxylation is 3. The Kier molecular flexibility index (Phi) is 7.03. The molecule has 1 N–H and O–H groups in total. The molecule has 2 aromatic rings. The zero-order chi connectivity index (χ0) is 22.6. The molecule has 3 rings (SSSR count). The molecule has 1 atom stereocenters. The van der Waals surface area contributed by atoms with Gasteiger partial charge in [0.15, 0.2) is 0 Å². The first-order valence-corrected chi connectivity index (χ1v) is 10.6. The Bertz CT molecular complexity index is 1010. The molecule has 166 valence electrons. The largest absolute Gasteiger partial charge is 0.416 e. The Morgan fingerprint density at radius 1 is 1.29 bits per heavy atom. The highest BCUT2D eigenvalue weighted by atomic mass is 19.4. The minimum Gasteiger partial charge on any atom is -0.361 e. The summed E-state index contributed by atoms with van der Waals surface area (Å²) in [6, 6.07) is 3.97. The lowest BCUT2D eigenvalue weighted by molar-refractivity contribution is -0.0883. The van der Waals surface area contributed by atoms with Crippen LogP contribution in [0.5, 0.6) is 0 Å². The lowest BCUT2D eigenvalue weighted by Gasteiger charge is -2.25. The van der Waals surface area contributed by atoms with Crippen LogP contribution in [0.25, 0.3) is 5.57 Å². The van der Waals surface area contributed by atoms with Crippen molar-refractivity contribution in [1.82, 2.24) is 14.8 Å². The first-order valence-electron chi connectivity index (χ1n) is 10.6. The molecule has 0 saturated heterocycles. The summed E-state index contributed by atoms with van der Waals surface area (Å²) in [7, 11) is 0. The predicted molar refractivity (Wildman–Crippen MR) is 119 cm³/mol. The highest BCUT2D eigenvalue weighted by molar-refractivity contribution is 5.74. The molecule has 0 fully saturated rings. The van der Waals surface area contributed by atoms with E-state index in [4.69, 9.17) is 0 Å². The molecule has 7 heteroatoms. The van der Waals surface area contributed by atoms with E-state index in [0.29, 0.717) is 17.7 Å². The zero-order valence-corrected chi connectivity index (χ0v) is 18.4. The second kappa shape index (κ2) is 9.54. The maximum atomic E-state index is 13.4. The van der Waals surface area contributed by atoms with E-state index in [1.165, 1.54) is 12.2 Å². The van der Waals surface area contributed by atoms with E-state index in [1.807, 2.05) is 30.8 Å². The van der Waals surface area contributed by atoms with Crippen molar-refractivity contribution >= 4 is 11.4 Å². The normalized spacial score (nSPS) is 17.8. The van der Waals surface area contributed by atoms with Crippen LogP contribution in [-0.2, 0) is 6.54 Å². The first-order chi connectivity index (χ1) is 14.7. The van der Waals surface area contributed by atoms with Crippen LogP contribution in [0.15, 0.2) is 48.2 Å². The molecule has 1 aliphatic rings. The monoisotopic (exact) mass is 430 g/mol. The Hall–Kier alpha value is -2.83. The summed E-state index contributed by atoms with van der Waals surface area (Å²) < 4.78 is 42.2. The Morgan fingerprint density at radius 3 is 2.71 bits per heavy atom. The quantitative estimate of drug-likeness (QED) is 0.519. The summed E-state index contributed by atoms with van der Waals surface area (Å²) in [5.41, 5.74) is 3.47. The topological polar surface area (TPSA) is 42.7 Å². The fourth-order valence-corrected chi connectivity index (χ4v) is 3.83. The van der Waals surface area contributed by atoms with Gasteiger partial charge in [-0.15, -0.1) is 0 Å². The van der Waals surface area contributed by atoms with E-state index in [-0.39, 0.29) is 6.04 Å². The molecular weight excluding hydrogens is 401 g/mol. The van der Waals surface area contributed by atoms with Gasteiger partial charge in [-0.25, -0.2) is 4.98 Å². The third-order valence-electron chi connectivity index (χ3n) is 5.26. The Balaban J connectivity index is 1.97. The van der Waals surface area contributed by atoms with E-state index in [9.17, 15) is 13.2 Å². The summed E-state index contributed by atoms with van der Waals surface area (Å²) in [5.74, 6) is 0.821. The third-order valence-corrected chi connectivity index (χ3v) is 5.26. The maximum absolute atomic E-state index is 13.4. The molecule has 0 aliphatic carbocycles. The molecule has 31 heavy (non-hydrogen) atoms. The van der Waals surface area contributed by atoms with Crippen molar-refractivity contribution in [3.8, 4) is 0 Å². The molecule has 1 aliphatic heterocycles. The third kappa shape index (κ3) is 5.46. The van der Waals surface area contributed by atoms with Crippen LogP contribution in [-0.4, -0.2) is 20.9 Å². The molecule has 0 aromatic carbocycles. The summed E-state index contributed by atoms with van der Waals surface area (Å²) in [6.07, 6.45) is 5.38. The van der Waals surface area contributed by atoms with Crippen molar-refractivity contribution in [3.63, 3.8) is 0 Å². The van der Waals surface area contributed by atoms with Crippen molar-refractivity contribution in [2.75, 3.05) is 5.32 Å². The number of anilines is 1. The summed E-state index contributed by atoms with van der Waals surface area (Å²) >= 11 is 0. The van der Waals surface area contributed by atoms with Crippen LogP contribution in [0.4, 0.5) is 19.0 Å². The van der Waals surface area contributed by atoms with Crippen molar-refractivity contribution in [1.29, 1.82) is 0 Å². The molecule has 0 radical (unpaired) electrons. The van der Waals surface area contributed by atoms with Crippen LogP contribution < -0.4 is 5.32 Å². The van der Waals surface area contributed by atoms with Gasteiger partial charge in [0.25, 0.3) is 0 Å². The van der Waals surface area contributed by atoms with Gasteiger partial charge in [0, 0.05) is 18.3 Å². The van der Waals surface area contributed by atoms with E-state index >= 15 is 0 Å². The fourth-order valence-electron chi connectivity index (χ4n) is 3.83. The van der Waals surface area contributed by atoms with Gasteiger partial charge in [-0.3, -0.25) is 4.68 Å². The Labute approximate surface area is 181 Å². The summed E-state index contributed by atoms with van der Waals surface area (Å²) in [5, 5.41) is 8.14. The molecule has 0 saturated carbocycles. The standard InChI is InChI=1S/C24H29F3N4/c1-5-8-18(13-19(9-6-2)24(25,26)27)21-14-22-20(10-7-11-31(22)30-21)29-23-17(4)12-16(3)15-28-23/h5,8-9,12-15,20H,6-7,10-11H2,1-4H3,(H,28,29)/b8-5-,18-13+,19-9-. The van der Waals surface area contributed by atoms with E-state index < -0.39 is 11.7 Å². The minimum atomic E-state index is -4.40. The number of nitrogens with one attached hydrogen (secondary N) is 1. The minimum absolute atomic E-state index is 0.00373. The van der Waals surface area contributed by atoms with E-state index in [2.05, 4.69) is 21.5 Å². The number of allylic oxidation sites excluding steroid dienone is 6. The number of alkyl halides is 3. The van der Waals surface area contributed by atoms with Gasteiger partial charge in [0.05, 0.1) is 23.0 Å². The summed E-state index contributed by atoms with van der Waals surface area (Å²) in [4.78, 5) is 4.51. The average molecular weight is 431 g/mol. The number of rotatable bonds is 6. The van der Waals surface area contributed by atoms with Gasteiger partial charge in [-0.2, -0.15) is 18.3 Å². The van der Waals surface area contributed by atoms with Gasteiger partial charge < -0.3 is 5.32 Å². The number of fused-ring (bicyclic) bond motifs is 1. The van der Waals surface area contributed by atoms with E-state index in [0.717, 1.165) is 42.0 Å². The second-order valence-electron chi connectivity index (χ2n) is 7.86. The number of pyridine rings is 1. The lowest BCUT2D eigenvalue weighted by atomic mass is 10.0. The first kappa shape index (κ1) is 22.8. The molecular formula is C24H29F3N4. The second-order valence-corrected chi connectivity index (χ2v) is 7.86. The van der Waals surface area contributed by atoms with Gasteiger partial charge >= 0.3 is 6.18 Å². The van der Waals surface area contributed by atoms with Crippen LogP contribution in [0, 0.1) is 13.8 Å². The van der Waals surface area contributed by atoms with Crippen LogP contribution in [0.1, 0.15) is 61.7 Å². The van der Waals surface area contributed by atoms with E-state index in [1.54, 1.807) is 26.0 Å². The molecule has 4 nitrogen and oxygen atoms in total. The van der Waals surface area contributed by atoms with Gasteiger partial charge in [0.1, 0.15) is 5.82 Å². The van der Waals surface area contributed by atoms with Gasteiger partial charge in [-0.1, -0.05) is 31.2 Å². The van der Waals surface area contributed by atoms with Crippen molar-refractivity contribution in [2.24, 2.45) is 0 Å². The number of hydrogen-bond acceptors (Lipinski definition) is 3. The molecule has 0 amide bonds. The van der Waals surface area contributed by atoms with Crippen molar-refractivity contribution in [3.05, 3.63) is 70.7 Å². The number of nitrogens with zero attached hydrogens (tertiary/aromatic N) is 3. The molecule has 0 bridgehead atoms. The highest BCUT2D eigenvalue weighted by Crippen LogP contribution is 2.33. The van der Waals surface area contributed by atoms with Crippen LogP contribution in [0.2, 0.25) is 0 Å². The van der Waals surface area contributed by atoms with Crippen molar-refractivity contribution in [2.45, 2.75) is 65.7 Å². The SMILES string of the molecule is C\C=C/C(=C\C(=C\CC)C(F)(F)F)c1cc2n(n1)CCCC2Nc1ncc(C)cc1C. The fraction of sp³-hybridized carbons (Fsp3) is 0.417. The average Bonchev–Trinajstić information content (AvgIpc) is 3.13. The Morgan fingerprint density at radius 2 is 2.06 bits per heavy atom. The number of halogens is 3. The maximum Gasteiger partial charge on any atom is 0.416 e. The van der Waals surface area contributed by atoms with Crippen LogP contribution in [0.3, 0.4) is 0 Å². The lowest BCUT2D eigenvalue weighted by Crippen LogP contribution is -2.22. The molecule has 3 heterocycles. The van der Waals surface area contributed by atoms with Gasteiger partial charge in [0.2, 0.25) is 0 Å². The molecule has 1 unspecified atom stereocenters. The molecule has 2 aromatic heterocycles. The van der Waals surface area contributed by atoms with Crippen LogP contribution >= 0.6 is 0 Å². The highest BCUT2D eigenvalue weighted by Gasteiger charge is 2.32. The predicted octanol–water partition coefficient (Wildman–Crippen LogP) is 6.70. The zero-order valence-electron chi connectivity index (χ0n) is 18.4. The number of hydrogen-bond donors (Lipinski definition) is 1. The molecule has 0 spiro atoms. The smallest absolute Gasteiger partial charge is 0.361 e.